The molecule has 0 N–H and O–H groups in total. The maximum absolute atomic E-state index is 13.2. The molecule has 0 amide bonds. The van der Waals surface area contributed by atoms with Crippen molar-refractivity contribution in [2.75, 3.05) is 0 Å². The molecule has 2 aromatic heterocycles. The van der Waals surface area contributed by atoms with E-state index in [1.54, 1.807) is 39.0 Å². The molecule has 5 heteroatoms. The van der Waals surface area contributed by atoms with E-state index in [9.17, 15) is 4.39 Å². The predicted molar refractivity (Wildman–Crippen MR) is 182 cm³/mol. The average molecular weight is 785 g/mol. The molecular formula is C39H43FIrN2Si-2. The second-order valence-corrected chi connectivity index (χ2v) is 17.6. The summed E-state index contributed by atoms with van der Waals surface area (Å²) >= 11 is 0. The molecule has 0 aliphatic rings. The number of halogens is 1. The van der Waals surface area contributed by atoms with Crippen LogP contribution in [0.1, 0.15) is 64.1 Å². The summed E-state index contributed by atoms with van der Waals surface area (Å²) in [5.74, 6) is -1.21. The van der Waals surface area contributed by atoms with Crippen LogP contribution in [-0.2, 0) is 26.5 Å². The molecule has 1 unspecified atom stereocenters. The fourth-order valence-corrected chi connectivity index (χ4v) is 6.10. The molecule has 2 nitrogen and oxygen atoms in total. The van der Waals surface area contributed by atoms with Crippen LogP contribution in [0.2, 0.25) is 19.6 Å². The monoisotopic (exact) mass is 785 g/mol. The van der Waals surface area contributed by atoms with Crippen LogP contribution in [0.3, 0.4) is 0 Å². The summed E-state index contributed by atoms with van der Waals surface area (Å²) in [4.78, 5) is 8.82. The van der Waals surface area contributed by atoms with Gasteiger partial charge in [0.15, 0.2) is 0 Å². The van der Waals surface area contributed by atoms with Crippen molar-refractivity contribution in [2.24, 2.45) is 5.41 Å². The van der Waals surface area contributed by atoms with Crippen LogP contribution < -0.4 is 5.19 Å². The van der Waals surface area contributed by atoms with Gasteiger partial charge in [0.25, 0.3) is 0 Å². The van der Waals surface area contributed by atoms with Crippen molar-refractivity contribution in [3.8, 4) is 22.5 Å². The Kier molecular flexibility index (Phi) is 9.34. The summed E-state index contributed by atoms with van der Waals surface area (Å²) in [5.41, 5.74) is 3.94. The second-order valence-electron chi connectivity index (χ2n) is 12.5. The molecule has 44 heavy (non-hydrogen) atoms. The zero-order valence-corrected chi connectivity index (χ0v) is 29.7. The Morgan fingerprint density at radius 1 is 0.909 bits per heavy atom. The van der Waals surface area contributed by atoms with E-state index in [1.165, 1.54) is 23.5 Å². The third-order valence-electron chi connectivity index (χ3n) is 6.77. The van der Waals surface area contributed by atoms with Crippen molar-refractivity contribution in [1.29, 1.82) is 0 Å². The largest absolute Gasteiger partial charge is 0.305 e. The normalized spacial score (nSPS) is 15.4. The molecule has 0 bridgehead atoms. The summed E-state index contributed by atoms with van der Waals surface area (Å²) in [5, 5.41) is 1.17. The van der Waals surface area contributed by atoms with Gasteiger partial charge in [-0.3, -0.25) is 4.39 Å². The second kappa shape index (κ2) is 15.2. The van der Waals surface area contributed by atoms with E-state index in [0.29, 0.717) is 11.3 Å². The molecule has 1 radical (unpaired) electrons. The van der Waals surface area contributed by atoms with Crippen molar-refractivity contribution >= 4 is 13.3 Å². The van der Waals surface area contributed by atoms with E-state index in [0.717, 1.165) is 22.4 Å². The average Bonchev–Trinajstić information content (AvgIpc) is 3.04. The van der Waals surface area contributed by atoms with Crippen LogP contribution in [0.5, 0.6) is 0 Å². The minimum atomic E-state index is -2.42. The van der Waals surface area contributed by atoms with Crippen molar-refractivity contribution < 1.29 is 32.7 Å². The molecule has 0 saturated heterocycles. The molecule has 0 fully saturated rings. The van der Waals surface area contributed by atoms with Gasteiger partial charge in [-0.25, -0.2) is 0 Å². The third-order valence-corrected chi connectivity index (χ3v) is 8.79. The number of rotatable bonds is 6. The van der Waals surface area contributed by atoms with Crippen LogP contribution in [0.15, 0.2) is 97.3 Å². The molecule has 5 rings (SSSR count). The summed E-state index contributed by atoms with van der Waals surface area (Å²) in [6, 6.07) is 31.0. The van der Waals surface area contributed by atoms with Gasteiger partial charge in [0.2, 0.25) is 0 Å². The van der Waals surface area contributed by atoms with Gasteiger partial charge in [-0.1, -0.05) is 95.4 Å². The molecule has 231 valence electrons. The number of hydrogen-bond donors (Lipinski definition) is 0. The maximum atomic E-state index is 13.2. The molecule has 0 saturated carbocycles. The molecule has 0 spiro atoms. The fraction of sp³-hybridized carbons (Fsp3) is 0.282. The Hall–Kier alpha value is -3.24. The Labute approximate surface area is 287 Å². The zero-order chi connectivity index (χ0) is 36.4. The molecule has 0 aliphatic carbocycles. The van der Waals surface area contributed by atoms with Gasteiger partial charge in [0.1, 0.15) is 0 Å². The van der Waals surface area contributed by atoms with Crippen LogP contribution in [0.4, 0.5) is 4.39 Å². The topological polar surface area (TPSA) is 25.8 Å². The number of benzene rings is 3. The number of aryl methyl sites for hydroxylation is 1. The Morgan fingerprint density at radius 3 is 2.16 bits per heavy atom. The summed E-state index contributed by atoms with van der Waals surface area (Å²) < 4.78 is 62.4. The van der Waals surface area contributed by atoms with Gasteiger partial charge in [-0.15, -0.1) is 65.7 Å². The van der Waals surface area contributed by atoms with E-state index in [2.05, 4.69) is 41.7 Å². The summed E-state index contributed by atoms with van der Waals surface area (Å²) in [7, 11) is -1.71. The number of pyridine rings is 2. The molecule has 5 aromatic rings. The zero-order valence-electron chi connectivity index (χ0n) is 32.3. The van der Waals surface area contributed by atoms with Gasteiger partial charge < -0.3 is 9.97 Å². The van der Waals surface area contributed by atoms with Crippen LogP contribution in [-0.4, -0.2) is 18.0 Å². The fourth-order valence-electron chi connectivity index (χ4n) is 4.58. The Balaban J connectivity index is 0.000000267. The molecular weight excluding hydrogens is 736 g/mol. The summed E-state index contributed by atoms with van der Waals surface area (Å²) in [6.07, 6.45) is 1.36. The molecule has 2 heterocycles. The quantitative estimate of drug-likeness (QED) is 0.127. The first-order valence-corrected chi connectivity index (χ1v) is 17.9. The van der Waals surface area contributed by atoms with E-state index in [1.807, 2.05) is 67.7 Å². The van der Waals surface area contributed by atoms with Crippen molar-refractivity contribution in [3.05, 3.63) is 138 Å². The van der Waals surface area contributed by atoms with Crippen LogP contribution >= 0.6 is 0 Å². The first-order chi connectivity index (χ1) is 22.6. The maximum Gasteiger partial charge on any atom is 0.0799 e. The summed E-state index contributed by atoms with van der Waals surface area (Å²) in [6.45, 7) is 11.6. The van der Waals surface area contributed by atoms with Crippen molar-refractivity contribution in [2.45, 2.75) is 66.5 Å². The van der Waals surface area contributed by atoms with Gasteiger partial charge >= 0.3 is 0 Å². The van der Waals surface area contributed by atoms with Crippen molar-refractivity contribution in [1.82, 2.24) is 9.97 Å². The molecule has 3 aromatic carbocycles. The minimum absolute atomic E-state index is 0. The molecule has 0 aliphatic heterocycles. The predicted octanol–water partition coefficient (Wildman–Crippen LogP) is 9.83. The number of nitrogens with zero attached hydrogens (tertiary/aromatic N) is 2. The number of aromatic nitrogens is 2. The SMILES string of the molecule is [2H]C(C)(c1ccccc1)c1cc(-c2[c-]cc(F)cc2)ncc1[Si](C)(C)C.[2H]C([2H])([2H])c1cnc(-c2[c-]cccc2)cc1C([2H])([2H])C(C)(C)C.[Ir]. The Bertz CT molecular complexity index is 1870. The standard InChI is InChI=1S/C22H23FNSi.C17H20N.Ir/c1-16(17-8-6-5-7-9-17)20-14-21(18-10-12-19(23)13-11-18)24-15-22(20)25(2,3)4;1-13-12-18-16(14-8-6-5-7-9-14)10-15(13)11-17(2,3)4;/h5-10,12-16H,1-4H3;5-8,10,12H,11H2,1-4H3;/q2*-1;/i16D;1D3,11D2;. The van der Waals surface area contributed by atoms with Crippen LogP contribution in [0, 0.1) is 30.2 Å². The third kappa shape index (κ3) is 9.63. The van der Waals surface area contributed by atoms with E-state index in [-0.39, 0.29) is 37.0 Å². The molecule has 1 atom stereocenters. The van der Waals surface area contributed by atoms with Gasteiger partial charge in [-0.05, 0) is 51.9 Å². The van der Waals surface area contributed by atoms with Gasteiger partial charge in [-0.2, -0.15) is 0 Å². The van der Waals surface area contributed by atoms with Gasteiger partial charge in [0, 0.05) is 52.4 Å². The Morgan fingerprint density at radius 2 is 1.57 bits per heavy atom. The van der Waals surface area contributed by atoms with Gasteiger partial charge in [0.05, 0.1) is 8.07 Å². The van der Waals surface area contributed by atoms with E-state index >= 15 is 0 Å². The van der Waals surface area contributed by atoms with Crippen LogP contribution in [0.25, 0.3) is 22.5 Å². The number of hydrogen-bond acceptors (Lipinski definition) is 2. The van der Waals surface area contributed by atoms with Crippen molar-refractivity contribution in [3.63, 3.8) is 0 Å². The minimum Gasteiger partial charge on any atom is -0.305 e. The smallest absolute Gasteiger partial charge is 0.0799 e. The van der Waals surface area contributed by atoms with E-state index in [4.69, 9.17) is 8.22 Å². The first-order valence-electron chi connectivity index (χ1n) is 17.4. The first kappa shape index (κ1) is 27.1. The van der Waals surface area contributed by atoms with E-state index < -0.39 is 32.6 Å².